The third-order valence-electron chi connectivity index (χ3n) is 2.80. The van der Waals surface area contributed by atoms with E-state index >= 15 is 0 Å². The lowest BCUT2D eigenvalue weighted by molar-refractivity contribution is 0.134. The Morgan fingerprint density at radius 3 is 2.29 bits per heavy atom. The first-order valence-corrected chi connectivity index (χ1v) is 7.47. The molecule has 1 aromatic carbocycles. The molecule has 0 saturated carbocycles. The van der Waals surface area contributed by atoms with Gasteiger partial charge < -0.3 is 15.4 Å². The monoisotopic (exact) mass is 405 g/mol. The molecule has 1 aromatic rings. The van der Waals surface area contributed by atoms with Crippen LogP contribution in [0.25, 0.3) is 0 Å². The summed E-state index contributed by atoms with van der Waals surface area (Å²) in [5.41, 5.74) is 2.41. The predicted octanol–water partition coefficient (Wildman–Crippen LogP) is 3.31. The molecule has 120 valence electrons. The molecular weight excluding hydrogens is 377 g/mol. The van der Waals surface area contributed by atoms with Crippen molar-refractivity contribution in [3.05, 3.63) is 35.4 Å². The Kier molecular flexibility index (Phi) is 12.4. The van der Waals surface area contributed by atoms with Crippen LogP contribution in [-0.2, 0) is 17.9 Å². The molecule has 0 spiro atoms. The molecule has 5 heteroatoms. The van der Waals surface area contributed by atoms with Crippen LogP contribution in [0.4, 0.5) is 0 Å². The maximum absolute atomic E-state index is 5.39. The summed E-state index contributed by atoms with van der Waals surface area (Å²) < 4.78 is 5.39. The number of guanidine groups is 1. The minimum atomic E-state index is 0. The van der Waals surface area contributed by atoms with Crippen molar-refractivity contribution in [1.29, 1.82) is 0 Å². The maximum atomic E-state index is 5.39. The van der Waals surface area contributed by atoms with E-state index in [1.165, 1.54) is 11.1 Å². The predicted molar refractivity (Wildman–Crippen MR) is 100 cm³/mol. The van der Waals surface area contributed by atoms with Crippen LogP contribution in [0, 0.1) is 0 Å². The fourth-order valence-electron chi connectivity index (χ4n) is 1.72. The lowest BCUT2D eigenvalue weighted by atomic mass is 10.1. The third kappa shape index (κ3) is 8.93. The van der Waals surface area contributed by atoms with Crippen LogP contribution in [-0.4, -0.2) is 25.7 Å². The minimum absolute atomic E-state index is 0. The van der Waals surface area contributed by atoms with Crippen LogP contribution >= 0.6 is 24.0 Å². The molecule has 4 nitrogen and oxygen atoms in total. The Hall–Kier alpha value is -0.820. The van der Waals surface area contributed by atoms with Gasteiger partial charge in [0, 0.05) is 19.7 Å². The molecule has 0 aliphatic rings. The molecule has 21 heavy (non-hydrogen) atoms. The molecule has 0 atom stereocenters. The summed E-state index contributed by atoms with van der Waals surface area (Å²) in [6.45, 7) is 10.2. The molecule has 0 amide bonds. The van der Waals surface area contributed by atoms with Gasteiger partial charge in [-0.15, -0.1) is 24.0 Å². The van der Waals surface area contributed by atoms with Crippen molar-refractivity contribution in [3.8, 4) is 0 Å². The Bertz CT molecular complexity index is 393. The number of ether oxygens (including phenoxy) is 1. The summed E-state index contributed by atoms with van der Waals surface area (Å²) in [6.07, 6.45) is 1.09. The molecule has 0 aliphatic heterocycles. The van der Waals surface area contributed by atoms with E-state index in [-0.39, 0.29) is 24.0 Å². The molecular formula is C16H28IN3O. The van der Waals surface area contributed by atoms with Gasteiger partial charge in [0.1, 0.15) is 0 Å². The van der Waals surface area contributed by atoms with Crippen molar-refractivity contribution in [2.45, 2.75) is 40.3 Å². The average molecular weight is 405 g/mol. The van der Waals surface area contributed by atoms with Crippen molar-refractivity contribution < 1.29 is 4.74 Å². The van der Waals surface area contributed by atoms with Gasteiger partial charge in [-0.25, -0.2) is 4.99 Å². The van der Waals surface area contributed by atoms with Crippen LogP contribution in [0.3, 0.4) is 0 Å². The number of halogens is 1. The highest BCUT2D eigenvalue weighted by Gasteiger charge is 1.97. The van der Waals surface area contributed by atoms with Gasteiger partial charge in [-0.05, 0) is 31.4 Å². The van der Waals surface area contributed by atoms with E-state index in [0.717, 1.165) is 32.1 Å². The molecule has 0 saturated heterocycles. The van der Waals surface area contributed by atoms with E-state index < -0.39 is 0 Å². The molecule has 0 aromatic heterocycles. The van der Waals surface area contributed by atoms with Gasteiger partial charge in [0.15, 0.2) is 5.96 Å². The quantitative estimate of drug-likeness (QED) is 0.396. The van der Waals surface area contributed by atoms with Crippen LogP contribution in [0.2, 0.25) is 0 Å². The van der Waals surface area contributed by atoms with Crippen LogP contribution in [0.1, 0.15) is 38.3 Å². The minimum Gasteiger partial charge on any atom is -0.377 e. The second-order valence-electron chi connectivity index (χ2n) is 4.58. The van der Waals surface area contributed by atoms with Crippen molar-refractivity contribution in [2.75, 3.05) is 19.7 Å². The van der Waals surface area contributed by atoms with Crippen molar-refractivity contribution >= 4 is 29.9 Å². The number of nitrogens with one attached hydrogen (secondary N) is 2. The van der Waals surface area contributed by atoms with E-state index in [9.17, 15) is 0 Å². The summed E-state index contributed by atoms with van der Waals surface area (Å²) in [6, 6.07) is 8.43. The highest BCUT2D eigenvalue weighted by molar-refractivity contribution is 14.0. The first-order valence-electron chi connectivity index (χ1n) is 7.47. The van der Waals surface area contributed by atoms with Crippen molar-refractivity contribution in [2.24, 2.45) is 4.99 Å². The smallest absolute Gasteiger partial charge is 0.191 e. The third-order valence-corrected chi connectivity index (χ3v) is 2.80. The first-order chi connectivity index (χ1) is 9.80. The molecule has 0 unspecified atom stereocenters. The molecule has 0 fully saturated rings. The zero-order valence-electron chi connectivity index (χ0n) is 13.3. The molecule has 0 aliphatic carbocycles. The highest BCUT2D eigenvalue weighted by atomic mass is 127. The van der Waals surface area contributed by atoms with Crippen LogP contribution in [0.15, 0.2) is 29.3 Å². The summed E-state index contributed by atoms with van der Waals surface area (Å²) in [5, 5.41) is 6.54. The SMILES string of the molecule is CCCNC(=NCc1ccc(COCC)cc1)NCC.I. The Morgan fingerprint density at radius 1 is 1.05 bits per heavy atom. The first kappa shape index (κ1) is 20.2. The number of hydrogen-bond donors (Lipinski definition) is 2. The van der Waals surface area contributed by atoms with Gasteiger partial charge in [-0.2, -0.15) is 0 Å². The number of aliphatic imine (C=N–C) groups is 1. The van der Waals surface area contributed by atoms with Crippen molar-refractivity contribution in [1.82, 2.24) is 10.6 Å². The Balaban J connectivity index is 0.00000400. The topological polar surface area (TPSA) is 45.7 Å². The number of benzene rings is 1. The van der Waals surface area contributed by atoms with Gasteiger partial charge in [-0.3, -0.25) is 0 Å². The molecule has 1 rings (SSSR count). The van der Waals surface area contributed by atoms with E-state index in [1.54, 1.807) is 0 Å². The standard InChI is InChI=1S/C16H27N3O.HI/c1-4-11-18-16(17-5-2)19-12-14-7-9-15(10-8-14)13-20-6-3;/h7-10H,4-6,11-13H2,1-3H3,(H2,17,18,19);1H. The summed E-state index contributed by atoms with van der Waals surface area (Å²) >= 11 is 0. The van der Waals surface area contributed by atoms with Gasteiger partial charge in [0.05, 0.1) is 13.2 Å². The van der Waals surface area contributed by atoms with E-state index in [1.807, 2.05) is 6.92 Å². The van der Waals surface area contributed by atoms with Gasteiger partial charge in [-0.1, -0.05) is 31.2 Å². The zero-order valence-corrected chi connectivity index (χ0v) is 15.6. The van der Waals surface area contributed by atoms with E-state index in [0.29, 0.717) is 13.2 Å². The van der Waals surface area contributed by atoms with Gasteiger partial charge in [0.2, 0.25) is 0 Å². The Morgan fingerprint density at radius 2 is 1.71 bits per heavy atom. The summed E-state index contributed by atoms with van der Waals surface area (Å²) in [4.78, 5) is 4.58. The normalized spacial score (nSPS) is 10.9. The average Bonchev–Trinajstić information content (AvgIpc) is 2.49. The van der Waals surface area contributed by atoms with Gasteiger partial charge in [0.25, 0.3) is 0 Å². The largest absolute Gasteiger partial charge is 0.377 e. The van der Waals surface area contributed by atoms with E-state index in [4.69, 9.17) is 4.74 Å². The summed E-state index contributed by atoms with van der Waals surface area (Å²) in [5.74, 6) is 0.882. The highest BCUT2D eigenvalue weighted by Crippen LogP contribution is 2.07. The number of hydrogen-bond acceptors (Lipinski definition) is 2. The maximum Gasteiger partial charge on any atom is 0.191 e. The second-order valence-corrected chi connectivity index (χ2v) is 4.58. The van der Waals surface area contributed by atoms with Crippen molar-refractivity contribution in [3.63, 3.8) is 0 Å². The van der Waals surface area contributed by atoms with Crippen LogP contribution in [0.5, 0.6) is 0 Å². The molecule has 0 heterocycles. The molecule has 2 N–H and O–H groups in total. The molecule has 0 bridgehead atoms. The second kappa shape index (κ2) is 12.9. The van der Waals surface area contributed by atoms with E-state index in [2.05, 4.69) is 53.7 Å². The lowest BCUT2D eigenvalue weighted by Crippen LogP contribution is -2.37. The number of rotatable bonds is 8. The Labute approximate surface area is 145 Å². The van der Waals surface area contributed by atoms with Gasteiger partial charge >= 0.3 is 0 Å². The number of nitrogens with zero attached hydrogens (tertiary/aromatic N) is 1. The zero-order chi connectivity index (χ0) is 14.6. The molecule has 0 radical (unpaired) electrons. The fraction of sp³-hybridized carbons (Fsp3) is 0.562. The lowest BCUT2D eigenvalue weighted by Gasteiger charge is -2.10. The fourth-order valence-corrected chi connectivity index (χ4v) is 1.72. The summed E-state index contributed by atoms with van der Waals surface area (Å²) in [7, 11) is 0. The van der Waals surface area contributed by atoms with Crippen LogP contribution < -0.4 is 10.6 Å².